The first-order valence-corrected chi connectivity index (χ1v) is 7.87. The first-order chi connectivity index (χ1) is 9.13. The predicted molar refractivity (Wildman–Crippen MR) is 82.5 cm³/mol. The molecular weight excluding hydrogens is 296 g/mol. The fraction of sp³-hybridized carbons (Fsp3) is 0.143. The Labute approximate surface area is 124 Å². The molecule has 0 saturated carbocycles. The lowest BCUT2D eigenvalue weighted by atomic mass is 10.1. The van der Waals surface area contributed by atoms with Crippen molar-refractivity contribution in [3.05, 3.63) is 46.1 Å². The van der Waals surface area contributed by atoms with E-state index in [1.165, 1.54) is 16.0 Å². The van der Waals surface area contributed by atoms with Crippen LogP contribution < -0.4 is 0 Å². The van der Waals surface area contributed by atoms with Gasteiger partial charge in [-0.3, -0.25) is 0 Å². The molecule has 0 spiro atoms. The van der Waals surface area contributed by atoms with E-state index in [1.54, 1.807) is 23.1 Å². The number of hydrogen-bond donors (Lipinski definition) is 0. The summed E-state index contributed by atoms with van der Waals surface area (Å²) in [6.45, 7) is 4.23. The summed E-state index contributed by atoms with van der Waals surface area (Å²) < 4.78 is 0. The van der Waals surface area contributed by atoms with Gasteiger partial charge >= 0.3 is 0 Å². The molecule has 3 aromatic rings. The molecule has 2 aromatic heterocycles. The molecular formula is C14H11ClN2S2. The molecule has 0 N–H and O–H groups in total. The molecule has 1 aromatic carbocycles. The third-order valence-electron chi connectivity index (χ3n) is 2.96. The highest BCUT2D eigenvalue weighted by molar-refractivity contribution is 7.99. The van der Waals surface area contributed by atoms with E-state index in [1.807, 2.05) is 11.4 Å². The van der Waals surface area contributed by atoms with Crippen molar-refractivity contribution in [1.29, 1.82) is 0 Å². The molecule has 2 heterocycles. The zero-order valence-electron chi connectivity index (χ0n) is 10.5. The van der Waals surface area contributed by atoms with Gasteiger partial charge in [-0.15, -0.1) is 11.3 Å². The highest BCUT2D eigenvalue weighted by Gasteiger charge is 2.09. The van der Waals surface area contributed by atoms with Gasteiger partial charge in [0.25, 0.3) is 0 Å². The second-order valence-corrected chi connectivity index (χ2v) is 6.58. The zero-order valence-corrected chi connectivity index (χ0v) is 12.9. The van der Waals surface area contributed by atoms with Crippen LogP contribution in [0.3, 0.4) is 0 Å². The van der Waals surface area contributed by atoms with Crippen molar-refractivity contribution < 1.29 is 0 Å². The molecule has 0 aliphatic heterocycles. The lowest BCUT2D eigenvalue weighted by Gasteiger charge is -2.05. The number of aromatic nitrogens is 2. The standard InChI is InChI=1S/C14H11ClN2S2/c1-8-3-4-10(7-9(8)2)19-13-11-5-6-18-12(11)16-14(15)17-13/h3-7H,1-2H3. The first kappa shape index (κ1) is 12.9. The number of benzene rings is 1. The average Bonchev–Trinajstić information content (AvgIpc) is 2.82. The predicted octanol–water partition coefficient (Wildman–Crippen LogP) is 5.11. The number of hydrogen-bond acceptors (Lipinski definition) is 4. The summed E-state index contributed by atoms with van der Waals surface area (Å²) in [5, 5.41) is 4.30. The van der Waals surface area contributed by atoms with Gasteiger partial charge in [0.2, 0.25) is 5.28 Å². The quantitative estimate of drug-likeness (QED) is 0.486. The maximum Gasteiger partial charge on any atom is 0.224 e. The van der Waals surface area contributed by atoms with Crippen LogP contribution in [-0.2, 0) is 0 Å². The van der Waals surface area contributed by atoms with Crippen LogP contribution in [-0.4, -0.2) is 9.97 Å². The van der Waals surface area contributed by atoms with E-state index in [0.717, 1.165) is 15.2 Å². The number of rotatable bonds is 2. The van der Waals surface area contributed by atoms with Crippen LogP contribution in [0.4, 0.5) is 0 Å². The third kappa shape index (κ3) is 2.61. The number of thiophene rings is 1. The highest BCUT2D eigenvalue weighted by atomic mass is 35.5. The number of aryl methyl sites for hydroxylation is 2. The summed E-state index contributed by atoms with van der Waals surface area (Å²) in [7, 11) is 0. The summed E-state index contributed by atoms with van der Waals surface area (Å²) in [6.07, 6.45) is 0. The molecule has 3 rings (SSSR count). The maximum atomic E-state index is 5.97. The van der Waals surface area contributed by atoms with E-state index in [4.69, 9.17) is 11.6 Å². The van der Waals surface area contributed by atoms with Crippen molar-refractivity contribution in [2.24, 2.45) is 0 Å². The van der Waals surface area contributed by atoms with Crippen molar-refractivity contribution in [2.75, 3.05) is 0 Å². The summed E-state index contributed by atoms with van der Waals surface area (Å²) in [4.78, 5) is 10.7. The van der Waals surface area contributed by atoms with Gasteiger partial charge in [-0.25, -0.2) is 9.97 Å². The molecule has 0 amide bonds. The molecule has 96 valence electrons. The fourth-order valence-corrected chi connectivity index (χ4v) is 3.87. The van der Waals surface area contributed by atoms with Gasteiger partial charge in [0, 0.05) is 10.3 Å². The van der Waals surface area contributed by atoms with Crippen LogP contribution in [0.1, 0.15) is 11.1 Å². The molecule has 0 bridgehead atoms. The molecule has 0 radical (unpaired) electrons. The summed E-state index contributed by atoms with van der Waals surface area (Å²) in [5.41, 5.74) is 2.58. The Bertz CT molecular complexity index is 752. The number of nitrogens with zero attached hydrogens (tertiary/aromatic N) is 2. The van der Waals surface area contributed by atoms with Crippen LogP contribution in [0.25, 0.3) is 10.2 Å². The van der Waals surface area contributed by atoms with Crippen molar-refractivity contribution >= 4 is 44.9 Å². The first-order valence-electron chi connectivity index (χ1n) is 5.79. The van der Waals surface area contributed by atoms with Crippen molar-refractivity contribution in [2.45, 2.75) is 23.8 Å². The average molecular weight is 307 g/mol. The lowest BCUT2D eigenvalue weighted by molar-refractivity contribution is 1.11. The summed E-state index contributed by atoms with van der Waals surface area (Å²) in [5.74, 6) is 0. The minimum absolute atomic E-state index is 0.307. The Hall–Kier alpha value is -1.10. The van der Waals surface area contributed by atoms with Gasteiger partial charge in [-0.2, -0.15) is 0 Å². The molecule has 0 aliphatic carbocycles. The second kappa shape index (κ2) is 5.12. The minimum atomic E-state index is 0.307. The van der Waals surface area contributed by atoms with E-state index >= 15 is 0 Å². The molecule has 19 heavy (non-hydrogen) atoms. The fourth-order valence-electron chi connectivity index (χ4n) is 1.77. The Kier molecular flexibility index (Phi) is 3.48. The van der Waals surface area contributed by atoms with Crippen LogP contribution in [0, 0.1) is 13.8 Å². The normalized spacial score (nSPS) is 11.1. The topological polar surface area (TPSA) is 25.8 Å². The monoisotopic (exact) mass is 306 g/mol. The molecule has 0 unspecified atom stereocenters. The van der Waals surface area contributed by atoms with E-state index in [2.05, 4.69) is 42.0 Å². The van der Waals surface area contributed by atoms with Gasteiger partial charge in [-0.05, 0) is 60.2 Å². The van der Waals surface area contributed by atoms with Gasteiger partial charge < -0.3 is 0 Å². The smallest absolute Gasteiger partial charge is 0.210 e. The molecule has 0 saturated heterocycles. The Morgan fingerprint density at radius 1 is 1.11 bits per heavy atom. The minimum Gasteiger partial charge on any atom is -0.210 e. The molecule has 2 nitrogen and oxygen atoms in total. The molecule has 0 aliphatic rings. The van der Waals surface area contributed by atoms with Crippen molar-refractivity contribution in [3.63, 3.8) is 0 Å². The van der Waals surface area contributed by atoms with Gasteiger partial charge in [0.15, 0.2) is 0 Å². The van der Waals surface area contributed by atoms with Crippen molar-refractivity contribution in [3.8, 4) is 0 Å². The zero-order chi connectivity index (χ0) is 13.4. The highest BCUT2D eigenvalue weighted by Crippen LogP contribution is 2.34. The van der Waals surface area contributed by atoms with E-state index in [9.17, 15) is 0 Å². The van der Waals surface area contributed by atoms with E-state index in [0.29, 0.717) is 5.28 Å². The third-order valence-corrected chi connectivity index (χ3v) is 4.93. The SMILES string of the molecule is Cc1ccc(Sc2nc(Cl)nc3sccc23)cc1C. The van der Waals surface area contributed by atoms with Crippen LogP contribution >= 0.6 is 34.7 Å². The van der Waals surface area contributed by atoms with Crippen LogP contribution in [0.15, 0.2) is 39.6 Å². The van der Waals surface area contributed by atoms with E-state index < -0.39 is 0 Å². The second-order valence-electron chi connectivity index (χ2n) is 4.29. The molecule has 0 fully saturated rings. The van der Waals surface area contributed by atoms with Crippen LogP contribution in [0.2, 0.25) is 5.28 Å². The van der Waals surface area contributed by atoms with Crippen LogP contribution in [0.5, 0.6) is 0 Å². The molecule has 5 heteroatoms. The molecule has 0 atom stereocenters. The van der Waals surface area contributed by atoms with Gasteiger partial charge in [0.05, 0.1) is 0 Å². The number of halogens is 1. The van der Waals surface area contributed by atoms with E-state index in [-0.39, 0.29) is 0 Å². The van der Waals surface area contributed by atoms with Gasteiger partial charge in [-0.1, -0.05) is 17.8 Å². The maximum absolute atomic E-state index is 5.97. The summed E-state index contributed by atoms with van der Waals surface area (Å²) in [6, 6.07) is 8.46. The Morgan fingerprint density at radius 3 is 2.74 bits per heavy atom. The van der Waals surface area contributed by atoms with Gasteiger partial charge in [0.1, 0.15) is 9.86 Å². The Balaban J connectivity index is 2.04. The largest absolute Gasteiger partial charge is 0.224 e. The summed E-state index contributed by atoms with van der Waals surface area (Å²) >= 11 is 9.19. The Morgan fingerprint density at radius 2 is 1.95 bits per heavy atom. The lowest BCUT2D eigenvalue weighted by Crippen LogP contribution is -1.87. The van der Waals surface area contributed by atoms with Crippen molar-refractivity contribution in [1.82, 2.24) is 9.97 Å². The number of fused-ring (bicyclic) bond motifs is 1.